The van der Waals surface area contributed by atoms with Gasteiger partial charge in [-0.05, 0) is 57.2 Å². The van der Waals surface area contributed by atoms with E-state index in [-0.39, 0.29) is 17.9 Å². The van der Waals surface area contributed by atoms with Crippen LogP contribution in [0.15, 0.2) is 34.3 Å². The van der Waals surface area contributed by atoms with E-state index in [0.29, 0.717) is 11.9 Å². The molecule has 1 aliphatic carbocycles. The van der Waals surface area contributed by atoms with Gasteiger partial charge in [-0.25, -0.2) is 4.99 Å². The molecule has 1 aromatic rings. The van der Waals surface area contributed by atoms with Gasteiger partial charge in [-0.2, -0.15) is 4.99 Å². The van der Waals surface area contributed by atoms with Gasteiger partial charge >= 0.3 is 0 Å². The normalized spacial score (nSPS) is 28.1. The molecule has 4 N–H and O–H groups in total. The van der Waals surface area contributed by atoms with Crippen molar-refractivity contribution in [1.29, 1.82) is 0 Å². The van der Waals surface area contributed by atoms with Gasteiger partial charge in [0.1, 0.15) is 5.66 Å². The lowest BCUT2D eigenvalue weighted by atomic mass is 9.87. The molecule has 4 rings (SSSR count). The number of anilines is 1. The summed E-state index contributed by atoms with van der Waals surface area (Å²) in [6.07, 6.45) is 5.96. The highest BCUT2D eigenvalue weighted by Crippen LogP contribution is 2.39. The zero-order valence-corrected chi connectivity index (χ0v) is 17.0. The number of rotatable bonds is 3. The van der Waals surface area contributed by atoms with Gasteiger partial charge in [-0.3, -0.25) is 9.80 Å². The summed E-state index contributed by atoms with van der Waals surface area (Å²) in [5.41, 5.74) is 14.2. The van der Waals surface area contributed by atoms with Crippen molar-refractivity contribution in [3.63, 3.8) is 0 Å². The van der Waals surface area contributed by atoms with Crippen molar-refractivity contribution in [2.24, 2.45) is 21.5 Å². The molecule has 2 aliphatic heterocycles. The molecule has 7 heteroatoms. The molecule has 0 bridgehead atoms. The maximum atomic E-state index is 6.32. The summed E-state index contributed by atoms with van der Waals surface area (Å²) in [5.74, 6) is 0.737. The molecule has 2 unspecified atom stereocenters. The van der Waals surface area contributed by atoms with Crippen LogP contribution in [0.4, 0.5) is 5.69 Å². The molecule has 3 aliphatic rings. The zero-order chi connectivity index (χ0) is 19.7. The van der Waals surface area contributed by atoms with E-state index >= 15 is 0 Å². The molecule has 0 radical (unpaired) electrons. The standard InChI is InChI=1S/C21H32N6O/c1-15-12-26(13-16(2)28-15)14-17-6-8-18(9-7-17)27-20(23)24-19(22)25-21(27)10-4-3-5-11-21/h6-9,15-16H,3-5,10-14H2,1-2H3,(H4,22,23,24,25). The van der Waals surface area contributed by atoms with E-state index in [4.69, 9.17) is 21.2 Å². The van der Waals surface area contributed by atoms with Crippen molar-refractivity contribution in [3.8, 4) is 0 Å². The Hall–Kier alpha value is -2.12. The average molecular weight is 385 g/mol. The number of guanidine groups is 2. The molecule has 2 heterocycles. The molecule has 7 nitrogen and oxygen atoms in total. The molecule has 1 saturated carbocycles. The monoisotopic (exact) mass is 384 g/mol. The summed E-state index contributed by atoms with van der Waals surface area (Å²) in [4.78, 5) is 13.5. The van der Waals surface area contributed by atoms with Crippen molar-refractivity contribution < 1.29 is 4.74 Å². The van der Waals surface area contributed by atoms with Crippen LogP contribution in [-0.2, 0) is 11.3 Å². The van der Waals surface area contributed by atoms with Crippen LogP contribution in [0.5, 0.6) is 0 Å². The van der Waals surface area contributed by atoms with Crippen LogP contribution >= 0.6 is 0 Å². The van der Waals surface area contributed by atoms with Crippen LogP contribution in [0.3, 0.4) is 0 Å². The highest BCUT2D eigenvalue weighted by molar-refractivity contribution is 6.05. The Labute approximate surface area is 167 Å². The summed E-state index contributed by atoms with van der Waals surface area (Å²) in [6.45, 7) is 7.14. The van der Waals surface area contributed by atoms with E-state index in [9.17, 15) is 0 Å². The first kappa shape index (κ1) is 19.2. The number of nitrogens with zero attached hydrogens (tertiary/aromatic N) is 4. The third-order valence-electron chi connectivity index (χ3n) is 5.95. The minimum absolute atomic E-state index is 0.280. The van der Waals surface area contributed by atoms with Gasteiger partial charge in [-0.1, -0.05) is 18.6 Å². The predicted octanol–water partition coefficient (Wildman–Crippen LogP) is 2.41. The third kappa shape index (κ3) is 3.86. The predicted molar refractivity (Wildman–Crippen MR) is 113 cm³/mol. The van der Waals surface area contributed by atoms with Crippen LogP contribution < -0.4 is 16.4 Å². The van der Waals surface area contributed by atoms with Crippen LogP contribution in [0.25, 0.3) is 0 Å². The molecule has 0 aromatic heterocycles. The maximum Gasteiger partial charge on any atom is 0.220 e. The number of hydrogen-bond acceptors (Lipinski definition) is 7. The summed E-state index contributed by atoms with van der Waals surface area (Å²) in [6, 6.07) is 8.65. The van der Waals surface area contributed by atoms with Gasteiger partial charge in [-0.15, -0.1) is 0 Å². The summed E-state index contributed by atoms with van der Waals surface area (Å²) in [5, 5.41) is 0. The summed E-state index contributed by atoms with van der Waals surface area (Å²) in [7, 11) is 0. The first-order valence-electron chi connectivity index (χ1n) is 10.4. The third-order valence-corrected chi connectivity index (χ3v) is 5.95. The van der Waals surface area contributed by atoms with Crippen molar-refractivity contribution in [1.82, 2.24) is 4.90 Å². The Morgan fingerprint density at radius 3 is 2.32 bits per heavy atom. The fraction of sp³-hybridized carbons (Fsp3) is 0.619. The smallest absolute Gasteiger partial charge is 0.220 e. The molecular formula is C21H32N6O. The molecule has 0 amide bonds. The molecule has 1 saturated heterocycles. The van der Waals surface area contributed by atoms with Gasteiger partial charge in [0.05, 0.1) is 12.2 Å². The molecular weight excluding hydrogens is 352 g/mol. The Morgan fingerprint density at radius 1 is 1.04 bits per heavy atom. The van der Waals surface area contributed by atoms with Gasteiger partial charge in [0.25, 0.3) is 0 Å². The number of morpholine rings is 1. The fourth-order valence-corrected chi connectivity index (χ4v) is 4.92. The van der Waals surface area contributed by atoms with Crippen LogP contribution in [0.1, 0.15) is 51.5 Å². The molecule has 2 atom stereocenters. The second-order valence-corrected chi connectivity index (χ2v) is 8.44. The molecule has 2 fully saturated rings. The van der Waals surface area contributed by atoms with E-state index in [1.165, 1.54) is 12.0 Å². The van der Waals surface area contributed by atoms with Gasteiger partial charge in [0, 0.05) is 25.3 Å². The van der Waals surface area contributed by atoms with E-state index in [1.54, 1.807) is 0 Å². The van der Waals surface area contributed by atoms with E-state index in [0.717, 1.165) is 51.0 Å². The molecule has 1 aromatic carbocycles. The minimum atomic E-state index is -0.384. The summed E-state index contributed by atoms with van der Waals surface area (Å²) >= 11 is 0. The van der Waals surface area contributed by atoms with E-state index < -0.39 is 0 Å². The largest absolute Gasteiger partial charge is 0.373 e. The van der Waals surface area contributed by atoms with Crippen molar-refractivity contribution in [3.05, 3.63) is 29.8 Å². The topological polar surface area (TPSA) is 92.5 Å². The van der Waals surface area contributed by atoms with Gasteiger partial charge in [0.15, 0.2) is 0 Å². The number of aliphatic imine (C=N–C) groups is 2. The Morgan fingerprint density at radius 2 is 1.68 bits per heavy atom. The highest BCUT2D eigenvalue weighted by atomic mass is 16.5. The van der Waals surface area contributed by atoms with E-state index in [2.05, 4.69) is 52.9 Å². The first-order valence-corrected chi connectivity index (χ1v) is 10.4. The summed E-state index contributed by atoms with van der Waals surface area (Å²) < 4.78 is 5.84. The highest BCUT2D eigenvalue weighted by Gasteiger charge is 2.42. The second kappa shape index (κ2) is 7.72. The minimum Gasteiger partial charge on any atom is -0.373 e. The van der Waals surface area contributed by atoms with Crippen LogP contribution in [0, 0.1) is 0 Å². The average Bonchev–Trinajstić information content (AvgIpc) is 2.62. The quantitative estimate of drug-likeness (QED) is 0.835. The Balaban J connectivity index is 1.53. The Bertz CT molecular complexity index is 743. The fourth-order valence-electron chi connectivity index (χ4n) is 4.92. The van der Waals surface area contributed by atoms with Gasteiger partial charge in [0.2, 0.25) is 11.9 Å². The number of hydrogen-bond donors (Lipinski definition) is 2. The SMILES string of the molecule is CC1CN(Cc2ccc(N3C(N)=NC(N)=NC34CCCCC4)cc2)CC(C)O1. The van der Waals surface area contributed by atoms with Crippen molar-refractivity contribution in [2.75, 3.05) is 18.0 Å². The lowest BCUT2D eigenvalue weighted by Crippen LogP contribution is -2.58. The molecule has 152 valence electrons. The lowest BCUT2D eigenvalue weighted by molar-refractivity contribution is -0.0704. The van der Waals surface area contributed by atoms with Crippen molar-refractivity contribution in [2.45, 2.75) is 70.4 Å². The Kier molecular flexibility index (Phi) is 5.29. The first-order chi connectivity index (χ1) is 13.4. The zero-order valence-electron chi connectivity index (χ0n) is 17.0. The molecule has 1 spiro atoms. The lowest BCUT2D eigenvalue weighted by Gasteiger charge is -2.45. The van der Waals surface area contributed by atoms with Crippen LogP contribution in [0.2, 0.25) is 0 Å². The maximum absolute atomic E-state index is 6.32. The van der Waals surface area contributed by atoms with Crippen LogP contribution in [-0.4, -0.2) is 47.8 Å². The second-order valence-electron chi connectivity index (χ2n) is 8.44. The number of nitrogens with two attached hydrogens (primary N) is 2. The molecule has 28 heavy (non-hydrogen) atoms. The van der Waals surface area contributed by atoms with Crippen molar-refractivity contribution >= 4 is 17.6 Å². The van der Waals surface area contributed by atoms with Gasteiger partial charge < -0.3 is 16.2 Å². The van der Waals surface area contributed by atoms with E-state index in [1.807, 2.05) is 0 Å². The number of ether oxygens (including phenoxy) is 1. The number of benzene rings is 1.